The van der Waals surface area contributed by atoms with Crippen molar-refractivity contribution >= 4 is 0 Å². The van der Waals surface area contributed by atoms with E-state index in [0.29, 0.717) is 11.5 Å². The van der Waals surface area contributed by atoms with Crippen LogP contribution in [-0.4, -0.2) is 13.1 Å². The average molecular weight is 190 g/mol. The lowest BCUT2D eigenvalue weighted by Gasteiger charge is -2.10. The molecule has 3 heteroatoms. The Balaban J connectivity index is 2.39. The Bertz CT molecular complexity index is 375. The van der Waals surface area contributed by atoms with Crippen LogP contribution in [0.1, 0.15) is 23.5 Å². The lowest BCUT2D eigenvalue weighted by molar-refractivity contribution is 0.620. The SMILES string of the molecule is N#Cc1ccc(F)cc1C1CCNC1. The molecule has 1 saturated heterocycles. The molecule has 2 rings (SSSR count). The van der Waals surface area contributed by atoms with Crippen LogP contribution < -0.4 is 5.32 Å². The molecule has 0 amide bonds. The van der Waals surface area contributed by atoms with Crippen molar-refractivity contribution < 1.29 is 4.39 Å². The van der Waals surface area contributed by atoms with Crippen LogP contribution in [0.2, 0.25) is 0 Å². The van der Waals surface area contributed by atoms with Gasteiger partial charge < -0.3 is 5.32 Å². The largest absolute Gasteiger partial charge is 0.316 e. The molecule has 1 heterocycles. The van der Waals surface area contributed by atoms with Crippen LogP contribution in [0.4, 0.5) is 4.39 Å². The molecule has 0 aliphatic carbocycles. The van der Waals surface area contributed by atoms with Gasteiger partial charge in [0, 0.05) is 6.54 Å². The van der Waals surface area contributed by atoms with Crippen molar-refractivity contribution in [2.75, 3.05) is 13.1 Å². The van der Waals surface area contributed by atoms with Gasteiger partial charge in [-0.15, -0.1) is 0 Å². The van der Waals surface area contributed by atoms with Crippen molar-refractivity contribution in [2.45, 2.75) is 12.3 Å². The Labute approximate surface area is 82.4 Å². The minimum absolute atomic E-state index is 0.258. The summed E-state index contributed by atoms with van der Waals surface area (Å²) in [5.41, 5.74) is 1.44. The predicted molar refractivity (Wildman–Crippen MR) is 51.3 cm³/mol. The smallest absolute Gasteiger partial charge is 0.123 e. The molecule has 0 bridgehead atoms. The minimum atomic E-state index is -0.258. The van der Waals surface area contributed by atoms with Gasteiger partial charge in [0.1, 0.15) is 5.82 Å². The van der Waals surface area contributed by atoms with Gasteiger partial charge in [-0.3, -0.25) is 0 Å². The van der Waals surface area contributed by atoms with Gasteiger partial charge in [-0.05, 0) is 42.6 Å². The first-order chi connectivity index (χ1) is 6.81. The standard InChI is InChI=1S/C11H11FN2/c12-10-2-1-8(6-13)11(5-10)9-3-4-14-7-9/h1-2,5,9,14H,3-4,7H2. The third kappa shape index (κ3) is 1.61. The van der Waals surface area contributed by atoms with Gasteiger partial charge in [0.25, 0.3) is 0 Å². The van der Waals surface area contributed by atoms with E-state index in [1.54, 1.807) is 6.07 Å². The second kappa shape index (κ2) is 3.77. The van der Waals surface area contributed by atoms with Gasteiger partial charge in [-0.25, -0.2) is 4.39 Å². The van der Waals surface area contributed by atoms with E-state index in [9.17, 15) is 4.39 Å². The van der Waals surface area contributed by atoms with Crippen molar-refractivity contribution in [1.82, 2.24) is 5.32 Å². The third-order valence-electron chi connectivity index (χ3n) is 2.63. The summed E-state index contributed by atoms with van der Waals surface area (Å²) in [4.78, 5) is 0. The Kier molecular flexibility index (Phi) is 2.47. The number of nitriles is 1. The van der Waals surface area contributed by atoms with E-state index in [1.165, 1.54) is 12.1 Å². The molecule has 1 aromatic carbocycles. The fourth-order valence-electron chi connectivity index (χ4n) is 1.89. The van der Waals surface area contributed by atoms with E-state index >= 15 is 0 Å². The van der Waals surface area contributed by atoms with Crippen LogP contribution in [0.25, 0.3) is 0 Å². The van der Waals surface area contributed by atoms with Crippen molar-refractivity contribution in [3.63, 3.8) is 0 Å². The third-order valence-corrected chi connectivity index (χ3v) is 2.63. The molecule has 1 N–H and O–H groups in total. The molecule has 1 fully saturated rings. The molecule has 1 unspecified atom stereocenters. The van der Waals surface area contributed by atoms with Gasteiger partial charge in [-0.1, -0.05) is 0 Å². The number of nitrogens with one attached hydrogen (secondary N) is 1. The zero-order chi connectivity index (χ0) is 9.97. The summed E-state index contributed by atoms with van der Waals surface area (Å²) in [5, 5.41) is 12.1. The van der Waals surface area contributed by atoms with E-state index < -0.39 is 0 Å². The molecular weight excluding hydrogens is 179 g/mol. The molecule has 0 saturated carbocycles. The molecular formula is C11H11FN2. The number of hydrogen-bond donors (Lipinski definition) is 1. The van der Waals surface area contributed by atoms with Crippen LogP contribution in [-0.2, 0) is 0 Å². The van der Waals surface area contributed by atoms with Crippen molar-refractivity contribution in [2.24, 2.45) is 0 Å². The lowest BCUT2D eigenvalue weighted by Crippen LogP contribution is -2.09. The van der Waals surface area contributed by atoms with Crippen molar-refractivity contribution in [3.8, 4) is 6.07 Å². The molecule has 1 aromatic rings. The Morgan fingerprint density at radius 1 is 1.50 bits per heavy atom. The number of benzene rings is 1. The fourth-order valence-corrected chi connectivity index (χ4v) is 1.89. The summed E-state index contributed by atoms with van der Waals surface area (Å²) in [5.74, 6) is 0.0336. The van der Waals surface area contributed by atoms with E-state index in [0.717, 1.165) is 25.1 Å². The number of rotatable bonds is 1. The molecule has 72 valence electrons. The van der Waals surface area contributed by atoms with Gasteiger partial charge in [0.15, 0.2) is 0 Å². The van der Waals surface area contributed by atoms with E-state index in [4.69, 9.17) is 5.26 Å². The number of nitrogens with zero attached hydrogens (tertiary/aromatic N) is 1. The Morgan fingerprint density at radius 3 is 3.00 bits per heavy atom. The molecule has 2 nitrogen and oxygen atoms in total. The molecule has 0 aromatic heterocycles. The summed E-state index contributed by atoms with van der Waals surface area (Å²) >= 11 is 0. The van der Waals surface area contributed by atoms with Crippen LogP contribution in [0, 0.1) is 17.1 Å². The van der Waals surface area contributed by atoms with Gasteiger partial charge in [-0.2, -0.15) is 5.26 Å². The maximum atomic E-state index is 13.0. The van der Waals surface area contributed by atoms with Crippen molar-refractivity contribution in [3.05, 3.63) is 35.1 Å². The predicted octanol–water partition coefficient (Wildman–Crippen LogP) is 1.77. The summed E-state index contributed by atoms with van der Waals surface area (Å²) < 4.78 is 13.0. The second-order valence-electron chi connectivity index (χ2n) is 3.53. The molecule has 1 aliphatic rings. The summed E-state index contributed by atoms with van der Waals surface area (Å²) in [6.45, 7) is 1.80. The highest BCUT2D eigenvalue weighted by atomic mass is 19.1. The highest BCUT2D eigenvalue weighted by Crippen LogP contribution is 2.25. The molecule has 0 radical (unpaired) electrons. The van der Waals surface area contributed by atoms with Crippen LogP contribution in [0.15, 0.2) is 18.2 Å². The molecule has 1 aliphatic heterocycles. The monoisotopic (exact) mass is 190 g/mol. The van der Waals surface area contributed by atoms with Crippen LogP contribution in [0.3, 0.4) is 0 Å². The highest BCUT2D eigenvalue weighted by molar-refractivity contribution is 5.40. The Morgan fingerprint density at radius 2 is 2.36 bits per heavy atom. The highest BCUT2D eigenvalue weighted by Gasteiger charge is 2.19. The Hall–Kier alpha value is -1.40. The summed E-state index contributed by atoms with van der Waals surface area (Å²) in [6, 6.07) is 6.48. The molecule has 0 spiro atoms. The summed E-state index contributed by atoms with van der Waals surface area (Å²) in [7, 11) is 0. The van der Waals surface area contributed by atoms with E-state index in [1.807, 2.05) is 0 Å². The topological polar surface area (TPSA) is 35.8 Å². The zero-order valence-corrected chi connectivity index (χ0v) is 7.76. The minimum Gasteiger partial charge on any atom is -0.316 e. The normalized spacial score (nSPS) is 20.7. The van der Waals surface area contributed by atoms with Crippen LogP contribution >= 0.6 is 0 Å². The average Bonchev–Trinajstić information content (AvgIpc) is 2.70. The number of hydrogen-bond acceptors (Lipinski definition) is 2. The number of halogens is 1. The maximum Gasteiger partial charge on any atom is 0.123 e. The first-order valence-corrected chi connectivity index (χ1v) is 4.71. The molecule has 1 atom stereocenters. The quantitative estimate of drug-likeness (QED) is 0.732. The lowest BCUT2D eigenvalue weighted by atomic mass is 9.94. The zero-order valence-electron chi connectivity index (χ0n) is 7.76. The maximum absolute atomic E-state index is 13.0. The van der Waals surface area contributed by atoms with Crippen LogP contribution in [0.5, 0.6) is 0 Å². The van der Waals surface area contributed by atoms with Gasteiger partial charge >= 0.3 is 0 Å². The first kappa shape index (κ1) is 9.17. The van der Waals surface area contributed by atoms with Gasteiger partial charge in [0.2, 0.25) is 0 Å². The van der Waals surface area contributed by atoms with Crippen molar-refractivity contribution in [1.29, 1.82) is 5.26 Å². The first-order valence-electron chi connectivity index (χ1n) is 4.71. The molecule has 14 heavy (non-hydrogen) atoms. The van der Waals surface area contributed by atoms with Gasteiger partial charge in [0.05, 0.1) is 11.6 Å². The second-order valence-corrected chi connectivity index (χ2v) is 3.53. The summed E-state index contributed by atoms with van der Waals surface area (Å²) in [6.07, 6.45) is 0.984. The van der Waals surface area contributed by atoms with E-state index in [-0.39, 0.29) is 5.82 Å². The fraction of sp³-hybridized carbons (Fsp3) is 0.364. The van der Waals surface area contributed by atoms with E-state index in [2.05, 4.69) is 11.4 Å².